The Kier molecular flexibility index (Phi) is 8.38. The number of benzene rings is 4. The molecular formula is C28H23Cl2FN2O4S. The molecule has 0 aliphatic heterocycles. The lowest BCUT2D eigenvalue weighted by molar-refractivity contribution is 0.102. The van der Waals surface area contributed by atoms with Crippen molar-refractivity contribution in [2.24, 2.45) is 0 Å². The summed E-state index contributed by atoms with van der Waals surface area (Å²) < 4.78 is 41.8. The Hall–Kier alpha value is -3.43. The zero-order chi connectivity index (χ0) is 27.4. The number of carbonyl (C=O) groups is 1. The topological polar surface area (TPSA) is 86.7 Å². The highest BCUT2D eigenvalue weighted by molar-refractivity contribution is 7.89. The Balaban J connectivity index is 1.61. The van der Waals surface area contributed by atoms with Crippen molar-refractivity contribution in [2.75, 3.05) is 5.32 Å². The zero-order valence-corrected chi connectivity index (χ0v) is 22.5. The standard InChI is InChI=1S/C28H23Cl2FN2O4S/c1-18-2-12-24(13-3-18)32-28(35)21-8-4-19(5-9-21)16-33(17-20-6-10-23(31)11-7-20)38(36,37)26-15-22(29)14-25(30)27(26)34/h2-15,34H,16-17H2,1H3,(H,32,35). The number of aromatic hydroxyl groups is 1. The van der Waals surface area contributed by atoms with E-state index < -0.39 is 26.5 Å². The summed E-state index contributed by atoms with van der Waals surface area (Å²) >= 11 is 12.0. The molecule has 38 heavy (non-hydrogen) atoms. The van der Waals surface area contributed by atoms with E-state index >= 15 is 0 Å². The number of amides is 1. The number of phenols is 1. The van der Waals surface area contributed by atoms with Crippen LogP contribution in [0.2, 0.25) is 10.0 Å². The Labute approximate surface area is 230 Å². The average molecular weight is 573 g/mol. The maximum absolute atomic E-state index is 13.6. The number of carbonyl (C=O) groups excluding carboxylic acids is 1. The van der Waals surface area contributed by atoms with Crippen LogP contribution in [0.4, 0.5) is 10.1 Å². The predicted octanol–water partition coefficient (Wildman–Crippen LogP) is 6.79. The first-order valence-corrected chi connectivity index (χ1v) is 13.6. The molecular weight excluding hydrogens is 550 g/mol. The molecule has 6 nitrogen and oxygen atoms in total. The number of nitrogens with one attached hydrogen (secondary N) is 1. The van der Waals surface area contributed by atoms with Crippen LogP contribution in [0.1, 0.15) is 27.0 Å². The predicted molar refractivity (Wildman–Crippen MR) is 147 cm³/mol. The number of phenolic OH excluding ortho intramolecular Hbond substituents is 1. The molecule has 0 saturated heterocycles. The fraction of sp³-hybridized carbons (Fsp3) is 0.107. The molecule has 10 heteroatoms. The van der Waals surface area contributed by atoms with Gasteiger partial charge >= 0.3 is 0 Å². The molecule has 2 N–H and O–H groups in total. The van der Waals surface area contributed by atoms with E-state index in [1.54, 1.807) is 36.4 Å². The van der Waals surface area contributed by atoms with E-state index in [0.717, 1.165) is 15.9 Å². The number of halogens is 3. The van der Waals surface area contributed by atoms with Crippen LogP contribution in [-0.4, -0.2) is 23.7 Å². The van der Waals surface area contributed by atoms with Gasteiger partial charge in [0.1, 0.15) is 10.7 Å². The first-order chi connectivity index (χ1) is 18.0. The molecule has 0 aliphatic rings. The largest absolute Gasteiger partial charge is 0.505 e. The summed E-state index contributed by atoms with van der Waals surface area (Å²) in [6.45, 7) is 1.72. The van der Waals surface area contributed by atoms with Crippen LogP contribution in [0.25, 0.3) is 0 Å². The van der Waals surface area contributed by atoms with Gasteiger partial charge in [-0.05, 0) is 66.6 Å². The summed E-state index contributed by atoms with van der Waals surface area (Å²) in [5.41, 5.74) is 3.22. The van der Waals surface area contributed by atoms with Crippen LogP contribution in [-0.2, 0) is 23.1 Å². The number of rotatable bonds is 8. The number of hydrogen-bond donors (Lipinski definition) is 2. The van der Waals surface area contributed by atoms with Gasteiger partial charge in [-0.1, -0.05) is 65.2 Å². The highest BCUT2D eigenvalue weighted by Gasteiger charge is 2.29. The first kappa shape index (κ1) is 27.6. The molecule has 0 aliphatic carbocycles. The van der Waals surface area contributed by atoms with Gasteiger partial charge in [0.2, 0.25) is 10.0 Å². The summed E-state index contributed by atoms with van der Waals surface area (Å²) in [6.07, 6.45) is 0. The molecule has 0 heterocycles. The number of aryl methyl sites for hydroxylation is 1. The lowest BCUT2D eigenvalue weighted by Crippen LogP contribution is -2.30. The number of anilines is 1. The quantitative estimate of drug-likeness (QED) is 0.243. The Morgan fingerprint density at radius 3 is 2.03 bits per heavy atom. The van der Waals surface area contributed by atoms with Gasteiger partial charge in [-0.25, -0.2) is 12.8 Å². The van der Waals surface area contributed by atoms with Crippen molar-refractivity contribution in [3.63, 3.8) is 0 Å². The van der Waals surface area contributed by atoms with Gasteiger partial charge in [-0.3, -0.25) is 4.79 Å². The molecule has 0 atom stereocenters. The molecule has 0 spiro atoms. The van der Waals surface area contributed by atoms with Gasteiger partial charge in [-0.15, -0.1) is 0 Å². The third-order valence-corrected chi connectivity index (χ3v) is 8.08. The second kappa shape index (κ2) is 11.5. The SMILES string of the molecule is Cc1ccc(NC(=O)c2ccc(CN(Cc3ccc(F)cc3)S(=O)(=O)c3cc(Cl)cc(Cl)c3O)cc2)cc1. The van der Waals surface area contributed by atoms with Crippen molar-refractivity contribution in [1.82, 2.24) is 4.31 Å². The molecule has 0 fully saturated rings. The molecule has 196 valence electrons. The molecule has 4 aromatic rings. The summed E-state index contributed by atoms with van der Waals surface area (Å²) in [6, 6.07) is 21.6. The van der Waals surface area contributed by atoms with Gasteiger partial charge < -0.3 is 10.4 Å². The smallest absolute Gasteiger partial charge is 0.255 e. The Morgan fingerprint density at radius 2 is 1.45 bits per heavy atom. The third-order valence-electron chi connectivity index (χ3n) is 5.77. The molecule has 4 rings (SSSR count). The lowest BCUT2D eigenvalue weighted by atomic mass is 10.1. The van der Waals surface area contributed by atoms with Gasteiger partial charge in [0.25, 0.3) is 5.91 Å². The molecule has 0 saturated carbocycles. The Morgan fingerprint density at radius 1 is 0.895 bits per heavy atom. The minimum absolute atomic E-state index is 0.0389. The van der Waals surface area contributed by atoms with E-state index in [4.69, 9.17) is 23.2 Å². The molecule has 1 amide bonds. The lowest BCUT2D eigenvalue weighted by Gasteiger charge is -2.23. The van der Waals surface area contributed by atoms with Crippen molar-refractivity contribution < 1.29 is 22.7 Å². The summed E-state index contributed by atoms with van der Waals surface area (Å²) in [7, 11) is -4.31. The van der Waals surface area contributed by atoms with Crippen LogP contribution in [0.3, 0.4) is 0 Å². The van der Waals surface area contributed by atoms with Gasteiger partial charge in [0, 0.05) is 29.4 Å². The van der Waals surface area contributed by atoms with Gasteiger partial charge in [0.15, 0.2) is 5.75 Å². The highest BCUT2D eigenvalue weighted by atomic mass is 35.5. The second-order valence-corrected chi connectivity index (χ2v) is 11.4. The van der Waals surface area contributed by atoms with Crippen LogP contribution >= 0.6 is 23.2 Å². The Bertz CT molecular complexity index is 1560. The van der Waals surface area contributed by atoms with Gasteiger partial charge in [0.05, 0.1) is 5.02 Å². The van der Waals surface area contributed by atoms with E-state index in [1.807, 2.05) is 19.1 Å². The van der Waals surface area contributed by atoms with Crippen molar-refractivity contribution in [1.29, 1.82) is 0 Å². The van der Waals surface area contributed by atoms with Crippen LogP contribution in [0, 0.1) is 12.7 Å². The average Bonchev–Trinajstić information content (AvgIpc) is 2.88. The van der Waals surface area contributed by atoms with E-state index in [1.165, 1.54) is 30.3 Å². The third kappa shape index (κ3) is 6.52. The molecule has 0 radical (unpaired) electrons. The van der Waals surface area contributed by atoms with Crippen molar-refractivity contribution in [2.45, 2.75) is 24.9 Å². The molecule has 4 aromatic carbocycles. The van der Waals surface area contributed by atoms with E-state index in [-0.39, 0.29) is 29.0 Å². The number of nitrogens with zero attached hydrogens (tertiary/aromatic N) is 1. The van der Waals surface area contributed by atoms with E-state index in [0.29, 0.717) is 22.4 Å². The van der Waals surface area contributed by atoms with Crippen LogP contribution in [0.15, 0.2) is 89.8 Å². The van der Waals surface area contributed by atoms with Crippen molar-refractivity contribution in [3.8, 4) is 5.75 Å². The van der Waals surface area contributed by atoms with Crippen molar-refractivity contribution >= 4 is 44.8 Å². The number of hydrogen-bond acceptors (Lipinski definition) is 4. The maximum atomic E-state index is 13.6. The molecule has 0 unspecified atom stereocenters. The number of sulfonamides is 1. The monoisotopic (exact) mass is 572 g/mol. The molecule has 0 aromatic heterocycles. The zero-order valence-electron chi connectivity index (χ0n) is 20.2. The fourth-order valence-electron chi connectivity index (χ4n) is 3.70. The highest BCUT2D eigenvalue weighted by Crippen LogP contribution is 2.36. The van der Waals surface area contributed by atoms with E-state index in [9.17, 15) is 22.7 Å². The summed E-state index contributed by atoms with van der Waals surface area (Å²) in [5, 5.41) is 13.1. The van der Waals surface area contributed by atoms with E-state index in [2.05, 4.69) is 5.32 Å². The summed E-state index contributed by atoms with van der Waals surface area (Å²) in [5.74, 6) is -1.39. The summed E-state index contributed by atoms with van der Waals surface area (Å²) in [4.78, 5) is 12.2. The van der Waals surface area contributed by atoms with Crippen molar-refractivity contribution in [3.05, 3.63) is 123 Å². The van der Waals surface area contributed by atoms with Gasteiger partial charge in [-0.2, -0.15) is 4.31 Å². The maximum Gasteiger partial charge on any atom is 0.255 e. The first-order valence-electron chi connectivity index (χ1n) is 11.4. The van der Waals surface area contributed by atoms with Crippen LogP contribution < -0.4 is 5.32 Å². The fourth-order valence-corrected chi connectivity index (χ4v) is 5.86. The second-order valence-electron chi connectivity index (χ2n) is 8.65. The minimum atomic E-state index is -4.31. The normalized spacial score (nSPS) is 11.5. The van der Waals surface area contributed by atoms with Crippen LogP contribution in [0.5, 0.6) is 5.75 Å². The minimum Gasteiger partial charge on any atom is -0.505 e. The molecule has 0 bridgehead atoms.